The zero-order valence-corrected chi connectivity index (χ0v) is 13.9. The molecule has 112 valence electrons. The van der Waals surface area contributed by atoms with Crippen LogP contribution in [0.15, 0.2) is 24.3 Å². The zero-order valence-electron chi connectivity index (χ0n) is 13.1. The summed E-state index contributed by atoms with van der Waals surface area (Å²) in [6, 6.07) is 9.83. The first-order valence-electron chi connectivity index (χ1n) is 7.58. The van der Waals surface area contributed by atoms with Gasteiger partial charge in [-0.2, -0.15) is 0 Å². The lowest BCUT2D eigenvalue weighted by molar-refractivity contribution is 0.427. The van der Waals surface area contributed by atoms with Crippen molar-refractivity contribution in [3.05, 3.63) is 35.4 Å². The normalized spacial score (nSPS) is 25.4. The summed E-state index contributed by atoms with van der Waals surface area (Å²) in [7, 11) is -0.573. The molecule has 1 atom stereocenters. The Labute approximate surface area is 125 Å². The monoisotopic (exact) mass is 293 g/mol. The van der Waals surface area contributed by atoms with Gasteiger partial charge in [-0.3, -0.25) is 4.21 Å². The van der Waals surface area contributed by atoms with E-state index in [-0.39, 0.29) is 5.41 Å². The maximum Gasteiger partial charge on any atom is 0.0294 e. The first-order valence-corrected chi connectivity index (χ1v) is 9.06. The van der Waals surface area contributed by atoms with E-state index in [1.54, 1.807) is 0 Å². The molecule has 1 aliphatic heterocycles. The molecule has 2 nitrogen and oxygen atoms in total. The molecule has 0 aromatic heterocycles. The topological polar surface area (TPSA) is 29.1 Å². The molecule has 1 heterocycles. The SMILES string of the molecule is CC(NC1CCS(=O)CC1)c1ccc(C(C)(C)C)cc1. The Morgan fingerprint density at radius 3 is 2.20 bits per heavy atom. The highest BCUT2D eigenvalue weighted by atomic mass is 32.2. The van der Waals surface area contributed by atoms with Gasteiger partial charge in [0.15, 0.2) is 0 Å². The van der Waals surface area contributed by atoms with E-state index in [1.165, 1.54) is 11.1 Å². The quantitative estimate of drug-likeness (QED) is 0.923. The Hall–Kier alpha value is -0.670. The van der Waals surface area contributed by atoms with Gasteiger partial charge in [0.05, 0.1) is 0 Å². The second-order valence-corrected chi connectivity index (χ2v) is 8.58. The van der Waals surface area contributed by atoms with Gasteiger partial charge in [0.1, 0.15) is 0 Å². The van der Waals surface area contributed by atoms with Crippen molar-refractivity contribution < 1.29 is 4.21 Å². The third kappa shape index (κ3) is 4.16. The summed E-state index contributed by atoms with van der Waals surface area (Å²) in [5.74, 6) is 1.71. The largest absolute Gasteiger partial charge is 0.307 e. The fourth-order valence-corrected chi connectivity index (χ4v) is 3.98. The fourth-order valence-electron chi connectivity index (χ4n) is 2.68. The van der Waals surface area contributed by atoms with Crippen LogP contribution in [0.1, 0.15) is 57.7 Å². The molecule has 0 radical (unpaired) electrons. The van der Waals surface area contributed by atoms with Crippen LogP contribution in [0, 0.1) is 0 Å². The van der Waals surface area contributed by atoms with E-state index in [4.69, 9.17) is 0 Å². The van der Waals surface area contributed by atoms with Crippen molar-refractivity contribution in [2.45, 2.75) is 58.0 Å². The average molecular weight is 293 g/mol. The van der Waals surface area contributed by atoms with Gasteiger partial charge in [-0.15, -0.1) is 0 Å². The Bertz CT molecular complexity index is 451. The van der Waals surface area contributed by atoms with Gasteiger partial charge in [0.2, 0.25) is 0 Å². The third-order valence-electron chi connectivity index (χ3n) is 4.15. The smallest absolute Gasteiger partial charge is 0.0294 e. The summed E-state index contributed by atoms with van der Waals surface area (Å²) in [6.07, 6.45) is 2.08. The first kappa shape index (κ1) is 15.7. The van der Waals surface area contributed by atoms with Crippen molar-refractivity contribution >= 4 is 10.8 Å². The number of hydrogen-bond donors (Lipinski definition) is 1. The van der Waals surface area contributed by atoms with E-state index < -0.39 is 10.8 Å². The molecule has 1 aromatic carbocycles. The van der Waals surface area contributed by atoms with Crippen LogP contribution >= 0.6 is 0 Å². The van der Waals surface area contributed by atoms with Gasteiger partial charge < -0.3 is 5.32 Å². The lowest BCUT2D eigenvalue weighted by atomic mass is 9.86. The lowest BCUT2D eigenvalue weighted by Gasteiger charge is -2.27. The predicted molar refractivity (Wildman–Crippen MR) is 87.6 cm³/mol. The number of nitrogens with one attached hydrogen (secondary N) is 1. The Balaban J connectivity index is 1.95. The van der Waals surface area contributed by atoms with Crippen LogP contribution in [-0.4, -0.2) is 21.8 Å². The minimum atomic E-state index is -0.573. The van der Waals surface area contributed by atoms with E-state index in [2.05, 4.69) is 57.3 Å². The molecule has 1 aromatic rings. The molecule has 0 spiro atoms. The van der Waals surface area contributed by atoms with Crippen LogP contribution in [0.5, 0.6) is 0 Å². The predicted octanol–water partition coefficient (Wildman–Crippen LogP) is 3.55. The van der Waals surface area contributed by atoms with Crippen LogP contribution in [-0.2, 0) is 16.2 Å². The van der Waals surface area contributed by atoms with Crippen molar-refractivity contribution in [1.29, 1.82) is 0 Å². The summed E-state index contributed by atoms with van der Waals surface area (Å²) < 4.78 is 11.4. The molecule has 2 rings (SSSR count). The van der Waals surface area contributed by atoms with Gasteiger partial charge in [-0.05, 0) is 36.3 Å². The minimum Gasteiger partial charge on any atom is -0.307 e. The summed E-state index contributed by atoms with van der Waals surface area (Å²) >= 11 is 0. The summed E-state index contributed by atoms with van der Waals surface area (Å²) in [4.78, 5) is 0. The first-order chi connectivity index (χ1) is 9.36. The third-order valence-corrected chi connectivity index (χ3v) is 5.53. The molecule has 20 heavy (non-hydrogen) atoms. The molecule has 0 bridgehead atoms. The number of rotatable bonds is 3. The van der Waals surface area contributed by atoms with Gasteiger partial charge in [-0.25, -0.2) is 0 Å². The maximum absolute atomic E-state index is 11.4. The van der Waals surface area contributed by atoms with Gasteiger partial charge in [0, 0.05) is 34.4 Å². The molecule has 1 saturated heterocycles. The van der Waals surface area contributed by atoms with Gasteiger partial charge >= 0.3 is 0 Å². The highest BCUT2D eigenvalue weighted by Crippen LogP contribution is 2.24. The highest BCUT2D eigenvalue weighted by molar-refractivity contribution is 7.85. The van der Waals surface area contributed by atoms with E-state index in [0.29, 0.717) is 12.1 Å². The zero-order chi connectivity index (χ0) is 14.8. The molecular weight excluding hydrogens is 266 g/mol. The van der Waals surface area contributed by atoms with E-state index in [9.17, 15) is 4.21 Å². The van der Waals surface area contributed by atoms with Crippen molar-refractivity contribution in [2.24, 2.45) is 0 Å². The van der Waals surface area contributed by atoms with E-state index in [0.717, 1.165) is 24.3 Å². The number of hydrogen-bond acceptors (Lipinski definition) is 2. The molecule has 1 fully saturated rings. The fraction of sp³-hybridized carbons (Fsp3) is 0.647. The average Bonchev–Trinajstić information content (AvgIpc) is 2.40. The molecular formula is C17H27NOS. The van der Waals surface area contributed by atoms with Crippen LogP contribution in [0.4, 0.5) is 0 Å². The lowest BCUT2D eigenvalue weighted by Crippen LogP contribution is -2.37. The molecule has 1 unspecified atom stereocenters. The van der Waals surface area contributed by atoms with Crippen molar-refractivity contribution in [3.8, 4) is 0 Å². The second-order valence-electron chi connectivity index (χ2n) is 6.88. The van der Waals surface area contributed by atoms with Crippen LogP contribution in [0.25, 0.3) is 0 Å². The molecule has 1 aliphatic rings. The Morgan fingerprint density at radius 1 is 1.15 bits per heavy atom. The van der Waals surface area contributed by atoms with Crippen molar-refractivity contribution in [3.63, 3.8) is 0 Å². The Morgan fingerprint density at radius 2 is 1.70 bits per heavy atom. The standard InChI is InChI=1S/C17H27NOS/c1-13(18-16-9-11-20(19)12-10-16)14-5-7-15(8-6-14)17(2,3)4/h5-8,13,16,18H,9-12H2,1-4H3. The van der Waals surface area contributed by atoms with Crippen molar-refractivity contribution in [1.82, 2.24) is 5.32 Å². The molecule has 0 saturated carbocycles. The molecule has 0 amide bonds. The minimum absolute atomic E-state index is 0.211. The second kappa shape index (κ2) is 6.40. The van der Waals surface area contributed by atoms with Gasteiger partial charge in [-0.1, -0.05) is 45.0 Å². The van der Waals surface area contributed by atoms with E-state index >= 15 is 0 Å². The highest BCUT2D eigenvalue weighted by Gasteiger charge is 2.20. The van der Waals surface area contributed by atoms with Crippen LogP contribution < -0.4 is 5.32 Å². The van der Waals surface area contributed by atoms with Gasteiger partial charge in [0.25, 0.3) is 0 Å². The summed E-state index contributed by atoms with van der Waals surface area (Å²) in [6.45, 7) is 8.95. The molecule has 3 heteroatoms. The van der Waals surface area contributed by atoms with Crippen molar-refractivity contribution in [2.75, 3.05) is 11.5 Å². The number of benzene rings is 1. The Kier molecular flexibility index (Phi) is 5.03. The van der Waals surface area contributed by atoms with Crippen LogP contribution in [0.3, 0.4) is 0 Å². The molecule has 1 N–H and O–H groups in total. The summed E-state index contributed by atoms with van der Waals surface area (Å²) in [5.41, 5.74) is 2.93. The molecule has 0 aliphatic carbocycles. The maximum atomic E-state index is 11.4. The summed E-state index contributed by atoms with van der Waals surface area (Å²) in [5, 5.41) is 3.68. The van der Waals surface area contributed by atoms with E-state index in [1.807, 2.05) is 0 Å². The van der Waals surface area contributed by atoms with Crippen LogP contribution in [0.2, 0.25) is 0 Å².